The van der Waals surface area contributed by atoms with E-state index in [9.17, 15) is 4.79 Å². The van der Waals surface area contributed by atoms with Crippen LogP contribution in [0.3, 0.4) is 0 Å². The molecule has 2 N–H and O–H groups in total. The van der Waals surface area contributed by atoms with Gasteiger partial charge in [0.25, 0.3) is 0 Å². The summed E-state index contributed by atoms with van der Waals surface area (Å²) < 4.78 is 10.5. The lowest BCUT2D eigenvalue weighted by Gasteiger charge is -2.35. The summed E-state index contributed by atoms with van der Waals surface area (Å²) in [6, 6.07) is 1.40. The molecule has 2 atom stereocenters. The van der Waals surface area contributed by atoms with Crippen LogP contribution < -0.4 is 10.6 Å². The molecule has 2 heterocycles. The molecule has 0 aliphatic carbocycles. The summed E-state index contributed by atoms with van der Waals surface area (Å²) in [5.74, 6) is 1.09. The molecule has 2 rings (SSSR count). The van der Waals surface area contributed by atoms with Crippen LogP contribution in [0, 0.1) is 6.92 Å². The highest BCUT2D eigenvalue weighted by atomic mass is 16.5. The first-order valence-corrected chi connectivity index (χ1v) is 6.89. The fraction of sp³-hybridized carbons (Fsp3) is 0.692. The number of nitrogens with one attached hydrogen (secondary N) is 2. The normalized spacial score (nSPS) is 23.6. The largest absolute Gasteiger partial charge is 0.373 e. The molecule has 7 nitrogen and oxygen atoms in total. The lowest BCUT2D eigenvalue weighted by molar-refractivity contribution is -0.0672. The van der Waals surface area contributed by atoms with Crippen molar-refractivity contribution in [2.24, 2.45) is 0 Å². The number of rotatable bonds is 4. The van der Waals surface area contributed by atoms with E-state index in [2.05, 4.69) is 34.5 Å². The van der Waals surface area contributed by atoms with Crippen molar-refractivity contribution in [3.8, 4) is 0 Å². The molecule has 1 aliphatic rings. The molecule has 0 saturated carbocycles. The van der Waals surface area contributed by atoms with Crippen molar-refractivity contribution < 1.29 is 14.1 Å². The van der Waals surface area contributed by atoms with Crippen LogP contribution in [0.2, 0.25) is 0 Å². The summed E-state index contributed by atoms with van der Waals surface area (Å²) in [6.45, 7) is 9.10. The predicted molar refractivity (Wildman–Crippen MR) is 74.7 cm³/mol. The van der Waals surface area contributed by atoms with Gasteiger partial charge in [-0.2, -0.15) is 0 Å². The maximum absolute atomic E-state index is 11.6. The predicted octanol–water partition coefficient (Wildman–Crippen LogP) is 1.21. The molecule has 0 bridgehead atoms. The van der Waals surface area contributed by atoms with Crippen LogP contribution in [-0.2, 0) is 4.74 Å². The Kier molecular flexibility index (Phi) is 4.97. The van der Waals surface area contributed by atoms with Gasteiger partial charge in [-0.05, 0) is 20.8 Å². The third-order valence-corrected chi connectivity index (χ3v) is 3.08. The Bertz CT molecular complexity index is 439. The molecular formula is C13H22N4O3. The molecule has 0 aromatic carbocycles. The lowest BCUT2D eigenvalue weighted by Crippen LogP contribution is -2.48. The molecule has 0 spiro atoms. The first kappa shape index (κ1) is 14.8. The van der Waals surface area contributed by atoms with E-state index in [0.717, 1.165) is 19.6 Å². The van der Waals surface area contributed by atoms with Crippen molar-refractivity contribution >= 4 is 11.8 Å². The third-order valence-electron chi connectivity index (χ3n) is 3.08. The average Bonchev–Trinajstić information content (AvgIpc) is 2.73. The van der Waals surface area contributed by atoms with Gasteiger partial charge in [0, 0.05) is 32.2 Å². The summed E-state index contributed by atoms with van der Waals surface area (Å²) in [5.41, 5.74) is 0. The second-order valence-electron chi connectivity index (χ2n) is 5.22. The molecule has 1 fully saturated rings. The van der Waals surface area contributed by atoms with Gasteiger partial charge in [-0.3, -0.25) is 10.2 Å². The molecule has 1 aromatic rings. The molecule has 1 aromatic heterocycles. The second kappa shape index (κ2) is 6.71. The Hall–Kier alpha value is -1.60. The maximum Gasteiger partial charge on any atom is 0.320 e. The Labute approximate surface area is 118 Å². The minimum absolute atomic E-state index is 0.241. The summed E-state index contributed by atoms with van der Waals surface area (Å²) in [5, 5.41) is 9.12. The van der Waals surface area contributed by atoms with E-state index in [4.69, 9.17) is 9.26 Å². The molecule has 0 radical (unpaired) electrons. The number of anilines is 1. The van der Waals surface area contributed by atoms with Crippen molar-refractivity contribution in [2.45, 2.75) is 33.0 Å². The van der Waals surface area contributed by atoms with Gasteiger partial charge in [0.2, 0.25) is 0 Å². The topological polar surface area (TPSA) is 79.6 Å². The van der Waals surface area contributed by atoms with Crippen LogP contribution in [0.5, 0.6) is 0 Å². The second-order valence-corrected chi connectivity index (χ2v) is 5.22. The molecular weight excluding hydrogens is 260 g/mol. The number of carbonyl (C=O) groups excluding carboxylic acids is 1. The van der Waals surface area contributed by atoms with Gasteiger partial charge in [0.15, 0.2) is 5.82 Å². The van der Waals surface area contributed by atoms with Crippen molar-refractivity contribution in [2.75, 3.05) is 31.5 Å². The van der Waals surface area contributed by atoms with Crippen LogP contribution in [0.4, 0.5) is 10.6 Å². The Balaban J connectivity index is 1.66. The number of hydrogen-bond acceptors (Lipinski definition) is 5. The Morgan fingerprint density at radius 3 is 2.75 bits per heavy atom. The van der Waals surface area contributed by atoms with Gasteiger partial charge in [-0.1, -0.05) is 5.16 Å². The van der Waals surface area contributed by atoms with E-state index in [1.54, 1.807) is 13.0 Å². The molecule has 0 unspecified atom stereocenters. The number of carbonyl (C=O) groups is 1. The molecule has 1 aliphatic heterocycles. The zero-order valence-electron chi connectivity index (χ0n) is 12.2. The Morgan fingerprint density at radius 1 is 1.45 bits per heavy atom. The first-order valence-electron chi connectivity index (χ1n) is 6.89. The zero-order chi connectivity index (χ0) is 14.5. The quantitative estimate of drug-likeness (QED) is 0.868. The van der Waals surface area contributed by atoms with E-state index < -0.39 is 0 Å². The number of urea groups is 1. The van der Waals surface area contributed by atoms with Crippen LogP contribution in [0.25, 0.3) is 0 Å². The van der Waals surface area contributed by atoms with E-state index in [1.807, 2.05) is 0 Å². The average molecular weight is 282 g/mol. The number of hydrogen-bond donors (Lipinski definition) is 2. The summed E-state index contributed by atoms with van der Waals surface area (Å²) in [6.07, 6.45) is 0.483. The smallest absolute Gasteiger partial charge is 0.320 e. The fourth-order valence-electron chi connectivity index (χ4n) is 2.38. The SMILES string of the molecule is Cc1cc(NC(=O)NCCN2C[C@@H](C)O[C@H](C)C2)no1. The number of amides is 2. The van der Waals surface area contributed by atoms with Gasteiger partial charge in [0.05, 0.1) is 12.2 Å². The maximum atomic E-state index is 11.6. The molecule has 112 valence electrons. The first-order chi connectivity index (χ1) is 9.52. The third kappa shape index (κ3) is 4.50. The van der Waals surface area contributed by atoms with Crippen molar-refractivity contribution in [3.63, 3.8) is 0 Å². The number of aromatic nitrogens is 1. The zero-order valence-corrected chi connectivity index (χ0v) is 12.2. The minimum atomic E-state index is -0.271. The van der Waals surface area contributed by atoms with Gasteiger partial charge in [-0.25, -0.2) is 4.79 Å². The number of morpholine rings is 1. The highest BCUT2D eigenvalue weighted by Crippen LogP contribution is 2.09. The van der Waals surface area contributed by atoms with E-state index in [0.29, 0.717) is 18.1 Å². The van der Waals surface area contributed by atoms with Crippen LogP contribution in [0.15, 0.2) is 10.6 Å². The van der Waals surface area contributed by atoms with E-state index in [1.165, 1.54) is 0 Å². The van der Waals surface area contributed by atoms with Crippen molar-refractivity contribution in [1.29, 1.82) is 0 Å². The highest BCUT2D eigenvalue weighted by molar-refractivity contribution is 5.88. The molecule has 2 amide bonds. The molecule has 20 heavy (non-hydrogen) atoms. The van der Waals surface area contributed by atoms with Crippen molar-refractivity contribution in [3.05, 3.63) is 11.8 Å². The molecule has 1 saturated heterocycles. The number of nitrogens with zero attached hydrogens (tertiary/aromatic N) is 2. The van der Waals surface area contributed by atoms with Crippen molar-refractivity contribution in [1.82, 2.24) is 15.4 Å². The summed E-state index contributed by atoms with van der Waals surface area (Å²) in [7, 11) is 0. The number of aryl methyl sites for hydroxylation is 1. The standard InChI is InChI=1S/C13H22N4O3/c1-9-6-12(16-20-9)15-13(18)14-4-5-17-7-10(2)19-11(3)8-17/h6,10-11H,4-5,7-8H2,1-3H3,(H2,14,15,16,18)/t10-,11-/m1/s1. The fourth-order valence-corrected chi connectivity index (χ4v) is 2.38. The minimum Gasteiger partial charge on any atom is -0.373 e. The van der Waals surface area contributed by atoms with Gasteiger partial charge in [0.1, 0.15) is 5.76 Å². The number of ether oxygens (including phenoxy) is 1. The Morgan fingerprint density at radius 2 is 2.15 bits per heavy atom. The lowest BCUT2D eigenvalue weighted by atomic mass is 10.2. The van der Waals surface area contributed by atoms with Crippen LogP contribution in [-0.4, -0.2) is 54.5 Å². The van der Waals surface area contributed by atoms with Crippen LogP contribution in [0.1, 0.15) is 19.6 Å². The van der Waals surface area contributed by atoms with Gasteiger partial charge in [-0.15, -0.1) is 0 Å². The summed E-state index contributed by atoms with van der Waals surface area (Å²) in [4.78, 5) is 13.9. The van der Waals surface area contributed by atoms with E-state index >= 15 is 0 Å². The molecule has 7 heteroatoms. The monoisotopic (exact) mass is 282 g/mol. The highest BCUT2D eigenvalue weighted by Gasteiger charge is 2.21. The summed E-state index contributed by atoms with van der Waals surface area (Å²) >= 11 is 0. The van der Waals surface area contributed by atoms with E-state index in [-0.39, 0.29) is 18.2 Å². The van der Waals surface area contributed by atoms with Gasteiger partial charge < -0.3 is 14.6 Å². The van der Waals surface area contributed by atoms with Crippen LogP contribution >= 0.6 is 0 Å². The van der Waals surface area contributed by atoms with Gasteiger partial charge >= 0.3 is 6.03 Å².